The second kappa shape index (κ2) is 16.3. The summed E-state index contributed by atoms with van der Waals surface area (Å²) in [5, 5.41) is 0. The van der Waals surface area contributed by atoms with Gasteiger partial charge >= 0.3 is 0 Å². The minimum absolute atomic E-state index is 1.25. The minimum Gasteiger partial charge on any atom is -0.0845 e. The first-order valence-electron chi connectivity index (χ1n) is 9.63. The average molecular weight is 301 g/mol. The van der Waals surface area contributed by atoms with Crippen molar-refractivity contribution in [1.82, 2.24) is 0 Å². The third-order valence-electron chi connectivity index (χ3n) is 4.25. The summed E-state index contributed by atoms with van der Waals surface area (Å²) in [6, 6.07) is 0. The second-order valence-corrected chi connectivity index (χ2v) is 6.40. The standard InChI is InChI=1S/C22H36/c1-2-4-6-8-10-12-14-16-18-20-22-21-19-17-15-13-11-9-7-5-3-1/h1-4,19-22H,5-18H2/b3-1-,4-2-,21-19-,22-20-. The van der Waals surface area contributed by atoms with Crippen LogP contribution < -0.4 is 0 Å². The van der Waals surface area contributed by atoms with E-state index in [-0.39, 0.29) is 0 Å². The fraction of sp³-hybridized carbons (Fsp3) is 0.636. The molecular weight excluding hydrogens is 264 g/mol. The first-order valence-corrected chi connectivity index (χ1v) is 9.63. The Morgan fingerprint density at radius 1 is 0.273 bits per heavy atom. The molecule has 0 heteroatoms. The van der Waals surface area contributed by atoms with Gasteiger partial charge in [0.1, 0.15) is 0 Å². The number of rotatable bonds is 0. The van der Waals surface area contributed by atoms with Crippen molar-refractivity contribution in [1.29, 1.82) is 0 Å². The van der Waals surface area contributed by atoms with Crippen LogP contribution in [0.5, 0.6) is 0 Å². The zero-order chi connectivity index (χ0) is 15.6. The van der Waals surface area contributed by atoms with Crippen molar-refractivity contribution in [2.75, 3.05) is 0 Å². The van der Waals surface area contributed by atoms with Crippen molar-refractivity contribution < 1.29 is 0 Å². The van der Waals surface area contributed by atoms with Gasteiger partial charge in [0.2, 0.25) is 0 Å². The lowest BCUT2D eigenvalue weighted by Crippen LogP contribution is -1.79. The molecule has 0 aromatic rings. The fourth-order valence-corrected chi connectivity index (χ4v) is 2.81. The number of hydrogen-bond acceptors (Lipinski definition) is 0. The Bertz CT molecular complexity index is 264. The van der Waals surface area contributed by atoms with Crippen LogP contribution in [0.2, 0.25) is 0 Å². The Morgan fingerprint density at radius 3 is 0.773 bits per heavy atom. The molecule has 0 aromatic carbocycles. The van der Waals surface area contributed by atoms with Crippen LogP contribution in [0.15, 0.2) is 48.6 Å². The summed E-state index contributed by atoms with van der Waals surface area (Å²) < 4.78 is 0. The molecule has 0 saturated carbocycles. The van der Waals surface area contributed by atoms with Gasteiger partial charge in [-0.05, 0) is 51.4 Å². The molecule has 1 aliphatic carbocycles. The van der Waals surface area contributed by atoms with Crippen LogP contribution in [0.4, 0.5) is 0 Å². The normalized spacial score (nSPS) is 26.9. The van der Waals surface area contributed by atoms with E-state index in [0.29, 0.717) is 0 Å². The highest BCUT2D eigenvalue weighted by Crippen LogP contribution is 2.10. The van der Waals surface area contributed by atoms with E-state index in [2.05, 4.69) is 48.6 Å². The average Bonchev–Trinajstić information content (AvgIpc) is 2.53. The largest absolute Gasteiger partial charge is 0.0845 e. The summed E-state index contributed by atoms with van der Waals surface area (Å²) >= 11 is 0. The van der Waals surface area contributed by atoms with Gasteiger partial charge in [0.15, 0.2) is 0 Å². The van der Waals surface area contributed by atoms with Crippen molar-refractivity contribution in [3.63, 3.8) is 0 Å². The van der Waals surface area contributed by atoms with Crippen LogP contribution in [0.3, 0.4) is 0 Å². The van der Waals surface area contributed by atoms with Gasteiger partial charge in [0.25, 0.3) is 0 Å². The van der Waals surface area contributed by atoms with Crippen LogP contribution >= 0.6 is 0 Å². The van der Waals surface area contributed by atoms with E-state index in [0.717, 1.165) is 0 Å². The van der Waals surface area contributed by atoms with E-state index in [1.54, 1.807) is 0 Å². The molecule has 0 radical (unpaired) electrons. The molecule has 0 atom stereocenters. The molecule has 0 N–H and O–H groups in total. The Labute approximate surface area is 139 Å². The van der Waals surface area contributed by atoms with Crippen LogP contribution in [-0.2, 0) is 0 Å². The minimum atomic E-state index is 1.25. The Morgan fingerprint density at radius 2 is 0.500 bits per heavy atom. The van der Waals surface area contributed by atoms with Gasteiger partial charge in [0.05, 0.1) is 0 Å². The van der Waals surface area contributed by atoms with E-state index >= 15 is 0 Å². The third-order valence-corrected chi connectivity index (χ3v) is 4.25. The van der Waals surface area contributed by atoms with E-state index in [1.807, 2.05) is 0 Å². The molecule has 1 rings (SSSR count). The van der Waals surface area contributed by atoms with Gasteiger partial charge in [-0.2, -0.15) is 0 Å². The topological polar surface area (TPSA) is 0 Å². The highest BCUT2D eigenvalue weighted by Gasteiger charge is 1.90. The van der Waals surface area contributed by atoms with E-state index < -0.39 is 0 Å². The molecule has 0 aromatic heterocycles. The van der Waals surface area contributed by atoms with Gasteiger partial charge < -0.3 is 0 Å². The zero-order valence-electron chi connectivity index (χ0n) is 14.5. The molecule has 0 nitrogen and oxygen atoms in total. The molecule has 0 fully saturated rings. The highest BCUT2D eigenvalue weighted by molar-refractivity contribution is 5.02. The fourth-order valence-electron chi connectivity index (χ4n) is 2.81. The summed E-state index contributed by atoms with van der Waals surface area (Å²) in [6.45, 7) is 0. The van der Waals surface area contributed by atoms with Crippen LogP contribution in [0, 0.1) is 0 Å². The predicted molar refractivity (Wildman–Crippen MR) is 101 cm³/mol. The maximum Gasteiger partial charge on any atom is -0.0348 e. The quantitative estimate of drug-likeness (QED) is 0.430. The van der Waals surface area contributed by atoms with Gasteiger partial charge in [-0.1, -0.05) is 87.1 Å². The first-order chi connectivity index (χ1) is 11.0. The maximum atomic E-state index is 2.33. The van der Waals surface area contributed by atoms with Crippen molar-refractivity contribution in [2.45, 2.75) is 89.9 Å². The molecular formula is C22H36. The molecule has 0 amide bonds. The maximum absolute atomic E-state index is 2.33. The Kier molecular flexibility index (Phi) is 14.1. The summed E-state index contributed by atoms with van der Waals surface area (Å²) in [5.41, 5.74) is 0. The van der Waals surface area contributed by atoms with Crippen molar-refractivity contribution in [3.8, 4) is 0 Å². The molecule has 0 spiro atoms. The van der Waals surface area contributed by atoms with Crippen molar-refractivity contribution in [3.05, 3.63) is 48.6 Å². The third kappa shape index (κ3) is 13.9. The lowest BCUT2D eigenvalue weighted by atomic mass is 10.1. The monoisotopic (exact) mass is 300 g/mol. The van der Waals surface area contributed by atoms with Gasteiger partial charge in [0, 0.05) is 0 Å². The Balaban J connectivity index is 2.20. The predicted octanol–water partition coefficient (Wildman–Crippen LogP) is 7.69. The highest BCUT2D eigenvalue weighted by atomic mass is 14.0. The molecule has 0 bridgehead atoms. The molecule has 22 heavy (non-hydrogen) atoms. The molecule has 124 valence electrons. The number of hydrogen-bond donors (Lipinski definition) is 0. The summed E-state index contributed by atoms with van der Waals surface area (Å²) in [5.74, 6) is 0. The number of allylic oxidation sites excluding steroid dienone is 8. The lowest BCUT2D eigenvalue weighted by Gasteiger charge is -1.99. The molecule has 0 heterocycles. The first kappa shape index (κ1) is 19.0. The van der Waals surface area contributed by atoms with Crippen molar-refractivity contribution in [2.24, 2.45) is 0 Å². The molecule has 0 unspecified atom stereocenters. The SMILES string of the molecule is C1=C\CCCCCCC/C=C\C=C/CCCCCCC\C=C/1. The summed E-state index contributed by atoms with van der Waals surface area (Å²) in [7, 11) is 0. The van der Waals surface area contributed by atoms with Crippen LogP contribution in [-0.4, -0.2) is 0 Å². The van der Waals surface area contributed by atoms with Gasteiger partial charge in [-0.3, -0.25) is 0 Å². The van der Waals surface area contributed by atoms with Gasteiger partial charge in [-0.25, -0.2) is 0 Å². The van der Waals surface area contributed by atoms with Crippen LogP contribution in [0.25, 0.3) is 0 Å². The summed E-state index contributed by atoms with van der Waals surface area (Å²) in [4.78, 5) is 0. The second-order valence-electron chi connectivity index (χ2n) is 6.40. The summed E-state index contributed by atoms with van der Waals surface area (Å²) in [6.07, 6.45) is 37.0. The van der Waals surface area contributed by atoms with E-state index in [9.17, 15) is 0 Å². The zero-order valence-corrected chi connectivity index (χ0v) is 14.5. The van der Waals surface area contributed by atoms with E-state index in [4.69, 9.17) is 0 Å². The smallest absolute Gasteiger partial charge is 0.0348 e. The molecule has 0 saturated heterocycles. The Hall–Kier alpha value is -1.04. The van der Waals surface area contributed by atoms with E-state index in [1.165, 1.54) is 89.9 Å². The van der Waals surface area contributed by atoms with Crippen molar-refractivity contribution >= 4 is 0 Å². The van der Waals surface area contributed by atoms with Crippen LogP contribution in [0.1, 0.15) is 89.9 Å². The molecule has 1 aliphatic rings. The molecule has 0 aliphatic heterocycles. The lowest BCUT2D eigenvalue weighted by molar-refractivity contribution is 0.621. The van der Waals surface area contributed by atoms with Gasteiger partial charge in [-0.15, -0.1) is 0 Å².